The van der Waals surface area contributed by atoms with Gasteiger partial charge in [-0.05, 0) is 87.8 Å². The van der Waals surface area contributed by atoms with Crippen molar-refractivity contribution < 1.29 is 14.5 Å². The molecule has 10 heteroatoms. The third kappa shape index (κ3) is 8.14. The molecule has 3 aromatic carbocycles. The van der Waals surface area contributed by atoms with Crippen LogP contribution in [0.1, 0.15) is 74.5 Å². The lowest BCUT2D eigenvalue weighted by atomic mass is 9.68. The van der Waals surface area contributed by atoms with Crippen molar-refractivity contribution in [2.24, 2.45) is 10.7 Å². The Morgan fingerprint density at radius 3 is 2.12 bits per heavy atom. The number of benzene rings is 3. The highest BCUT2D eigenvalue weighted by Crippen LogP contribution is 2.42. The number of carbonyl (C=O) groups excluding carboxylic acids is 2. The van der Waals surface area contributed by atoms with Crippen molar-refractivity contribution in [2.75, 3.05) is 32.7 Å². The number of nitro benzene ring substituents is 1. The van der Waals surface area contributed by atoms with E-state index in [9.17, 15) is 19.7 Å². The lowest BCUT2D eigenvalue weighted by molar-refractivity contribution is -0.384. The molecule has 0 aliphatic carbocycles. The molecule has 2 aliphatic heterocycles. The van der Waals surface area contributed by atoms with Crippen molar-refractivity contribution in [1.29, 1.82) is 0 Å². The molecule has 0 saturated carbocycles. The Morgan fingerprint density at radius 1 is 0.959 bits per heavy atom. The molecule has 10 nitrogen and oxygen atoms in total. The van der Waals surface area contributed by atoms with Gasteiger partial charge >= 0.3 is 0 Å². The highest BCUT2D eigenvalue weighted by Gasteiger charge is 2.39. The van der Waals surface area contributed by atoms with Crippen LogP contribution in [-0.4, -0.2) is 72.0 Å². The lowest BCUT2D eigenvalue weighted by Crippen LogP contribution is -2.47. The molecular formula is C39H48N6O4. The molecule has 5 rings (SSSR count). The van der Waals surface area contributed by atoms with Crippen LogP contribution in [0.2, 0.25) is 0 Å². The number of hydrogen-bond acceptors (Lipinski definition) is 7. The largest absolute Gasteiger partial charge is 0.350 e. The molecule has 2 amide bonds. The number of allylic oxidation sites excluding steroid dienone is 1. The zero-order valence-electron chi connectivity index (χ0n) is 28.4. The van der Waals surface area contributed by atoms with Gasteiger partial charge in [-0.1, -0.05) is 79.7 Å². The summed E-state index contributed by atoms with van der Waals surface area (Å²) in [6.45, 7) is 5.75. The molecule has 3 N–H and O–H groups in total. The number of carbonyl (C=O) groups is 2. The number of rotatable bonds is 17. The zero-order chi connectivity index (χ0) is 34.6. The van der Waals surface area contributed by atoms with Gasteiger partial charge in [-0.2, -0.15) is 0 Å². The maximum absolute atomic E-state index is 12.9. The maximum Gasteiger partial charge on any atom is 0.269 e. The number of unbranched alkanes of at least 4 members (excludes halogenated alkanes) is 1. The SMILES string of the molecule is CCC1=NC(CCCCN)=C(N(C=O)CCCN2CCC(c3ccccc3)(c3ccccc3)CC2)C(c2ccc([N+](=O)[O-])cc2)C1NC=O. The number of hydrogen-bond donors (Lipinski definition) is 2. The molecule has 0 spiro atoms. The number of non-ortho nitro benzene ring substituents is 1. The summed E-state index contributed by atoms with van der Waals surface area (Å²) >= 11 is 0. The lowest BCUT2D eigenvalue weighted by Gasteiger charge is -2.43. The van der Waals surface area contributed by atoms with Crippen molar-refractivity contribution in [3.05, 3.63) is 123 Å². The molecule has 3 aromatic rings. The summed E-state index contributed by atoms with van der Waals surface area (Å²) in [5, 5.41) is 14.4. The van der Waals surface area contributed by atoms with Crippen LogP contribution in [0.25, 0.3) is 0 Å². The number of aliphatic imine (C=N–C) groups is 1. The van der Waals surface area contributed by atoms with E-state index in [2.05, 4.69) is 70.9 Å². The minimum Gasteiger partial charge on any atom is -0.350 e. The summed E-state index contributed by atoms with van der Waals surface area (Å²) in [6, 6.07) is 27.5. The predicted molar refractivity (Wildman–Crippen MR) is 193 cm³/mol. The fourth-order valence-corrected chi connectivity index (χ4v) is 7.62. The number of nitrogens with two attached hydrogens (primary N) is 1. The molecule has 0 radical (unpaired) electrons. The normalized spacial score (nSPS) is 19.2. The van der Waals surface area contributed by atoms with E-state index >= 15 is 0 Å². The quantitative estimate of drug-likeness (QED) is 0.0796. The molecule has 0 bridgehead atoms. The van der Waals surface area contributed by atoms with Gasteiger partial charge in [0.25, 0.3) is 5.69 Å². The molecule has 258 valence electrons. The Labute approximate surface area is 289 Å². The second-order valence-corrected chi connectivity index (χ2v) is 12.9. The monoisotopic (exact) mass is 664 g/mol. The summed E-state index contributed by atoms with van der Waals surface area (Å²) < 4.78 is 0. The van der Waals surface area contributed by atoms with E-state index in [0.717, 1.165) is 80.8 Å². The Morgan fingerprint density at radius 2 is 1.59 bits per heavy atom. The van der Waals surface area contributed by atoms with Gasteiger partial charge in [0.15, 0.2) is 0 Å². The number of likely N-dealkylation sites (tertiary alicyclic amines) is 1. The molecule has 2 aliphatic rings. The fourth-order valence-electron chi connectivity index (χ4n) is 7.62. The van der Waals surface area contributed by atoms with Crippen molar-refractivity contribution >= 4 is 24.2 Å². The van der Waals surface area contributed by atoms with Gasteiger partial charge in [0.05, 0.1) is 28.3 Å². The number of amides is 2. The van der Waals surface area contributed by atoms with Crippen LogP contribution < -0.4 is 11.1 Å². The van der Waals surface area contributed by atoms with Crippen LogP contribution in [0, 0.1) is 10.1 Å². The number of nitrogens with zero attached hydrogens (tertiary/aromatic N) is 4. The molecular weight excluding hydrogens is 616 g/mol. The van der Waals surface area contributed by atoms with Crippen LogP contribution in [0.3, 0.4) is 0 Å². The Bertz CT molecular complexity index is 1560. The maximum atomic E-state index is 12.9. The average Bonchev–Trinajstić information content (AvgIpc) is 3.15. The highest BCUT2D eigenvalue weighted by molar-refractivity contribution is 5.94. The minimum absolute atomic E-state index is 0.0186. The van der Waals surface area contributed by atoms with E-state index in [1.165, 1.54) is 23.3 Å². The van der Waals surface area contributed by atoms with Crippen LogP contribution in [0.5, 0.6) is 0 Å². The summed E-state index contributed by atoms with van der Waals surface area (Å²) in [5.74, 6) is -0.441. The average molecular weight is 665 g/mol. The first-order valence-electron chi connectivity index (χ1n) is 17.5. The summed E-state index contributed by atoms with van der Waals surface area (Å²) in [7, 11) is 0. The van der Waals surface area contributed by atoms with E-state index in [0.29, 0.717) is 32.3 Å². The molecule has 0 aromatic heterocycles. The van der Waals surface area contributed by atoms with Crippen molar-refractivity contribution in [2.45, 2.75) is 69.2 Å². The first-order chi connectivity index (χ1) is 23.9. The summed E-state index contributed by atoms with van der Waals surface area (Å²) in [5.41, 5.74) is 11.6. The molecule has 1 fully saturated rings. The Kier molecular flexibility index (Phi) is 12.5. The minimum atomic E-state index is -0.495. The van der Waals surface area contributed by atoms with Gasteiger partial charge in [-0.25, -0.2) is 0 Å². The van der Waals surface area contributed by atoms with Gasteiger partial charge in [-0.3, -0.25) is 24.7 Å². The first kappa shape index (κ1) is 35.6. The fraction of sp³-hybridized carbons (Fsp3) is 0.410. The van der Waals surface area contributed by atoms with Gasteiger partial charge in [0, 0.05) is 29.8 Å². The summed E-state index contributed by atoms with van der Waals surface area (Å²) in [4.78, 5) is 45.1. The third-order valence-corrected chi connectivity index (χ3v) is 10.2. The second kappa shape index (κ2) is 17.1. The molecule has 49 heavy (non-hydrogen) atoms. The number of nitrogens with one attached hydrogen (secondary N) is 1. The van der Waals surface area contributed by atoms with Gasteiger partial charge in [0.2, 0.25) is 12.8 Å². The zero-order valence-corrected chi connectivity index (χ0v) is 28.4. The van der Waals surface area contributed by atoms with Crippen molar-refractivity contribution in [3.63, 3.8) is 0 Å². The van der Waals surface area contributed by atoms with Crippen LogP contribution in [0.4, 0.5) is 5.69 Å². The number of piperidine rings is 1. The van der Waals surface area contributed by atoms with E-state index in [4.69, 9.17) is 10.7 Å². The molecule has 1 saturated heterocycles. The van der Waals surface area contributed by atoms with Crippen molar-refractivity contribution in [3.8, 4) is 0 Å². The Balaban J connectivity index is 1.38. The summed E-state index contributed by atoms with van der Waals surface area (Å²) in [6.07, 6.45) is 7.15. The molecule has 2 unspecified atom stereocenters. The predicted octanol–water partition coefficient (Wildman–Crippen LogP) is 5.93. The van der Waals surface area contributed by atoms with Crippen molar-refractivity contribution in [1.82, 2.24) is 15.1 Å². The second-order valence-electron chi connectivity index (χ2n) is 12.9. The third-order valence-electron chi connectivity index (χ3n) is 10.2. The van der Waals surface area contributed by atoms with E-state index in [1.807, 2.05) is 6.92 Å². The van der Waals surface area contributed by atoms with Crippen LogP contribution in [-0.2, 0) is 15.0 Å². The Hall–Kier alpha value is -4.67. The van der Waals surface area contributed by atoms with E-state index in [1.54, 1.807) is 17.0 Å². The van der Waals surface area contributed by atoms with E-state index < -0.39 is 16.9 Å². The molecule has 2 heterocycles. The topological polar surface area (TPSA) is 134 Å². The molecule has 2 atom stereocenters. The van der Waals surface area contributed by atoms with Gasteiger partial charge < -0.3 is 20.9 Å². The van der Waals surface area contributed by atoms with Crippen LogP contribution in [0.15, 0.2) is 101 Å². The first-order valence-corrected chi connectivity index (χ1v) is 17.5. The smallest absolute Gasteiger partial charge is 0.269 e. The van der Waals surface area contributed by atoms with Gasteiger partial charge in [0.1, 0.15) is 0 Å². The van der Waals surface area contributed by atoms with Crippen LogP contribution >= 0.6 is 0 Å². The number of nitro groups is 1. The van der Waals surface area contributed by atoms with Gasteiger partial charge in [-0.15, -0.1) is 0 Å². The van der Waals surface area contributed by atoms with E-state index in [-0.39, 0.29) is 11.1 Å². The highest BCUT2D eigenvalue weighted by atomic mass is 16.6. The standard InChI is InChI=1S/C39H48N6O4/c1-2-34-37(41-28-46)36(30-17-19-33(20-18-30)45(48)49)38(35(42-34)16-9-10-23-40)44(29-47)25-11-24-43-26-21-39(22-27-43,31-12-5-3-6-13-31)32-14-7-4-8-15-32/h3-8,12-15,17-20,28-29,36-37H,2,9-11,16,21-27,40H2,1H3,(H,41,46).